The Labute approximate surface area is 125 Å². The summed E-state index contributed by atoms with van der Waals surface area (Å²) in [7, 11) is 0. The zero-order valence-electron chi connectivity index (χ0n) is 11.4. The lowest BCUT2D eigenvalue weighted by molar-refractivity contribution is 0.473. The van der Waals surface area contributed by atoms with Crippen molar-refractivity contribution in [2.45, 2.75) is 12.5 Å². The summed E-state index contributed by atoms with van der Waals surface area (Å²) in [5, 5.41) is 4.30. The van der Waals surface area contributed by atoms with Crippen molar-refractivity contribution in [3.05, 3.63) is 65.2 Å². The highest BCUT2D eigenvalue weighted by atomic mass is 35.5. The molecule has 0 aromatic heterocycles. The zero-order valence-corrected chi connectivity index (χ0v) is 12.2. The highest BCUT2D eigenvalue weighted by molar-refractivity contribution is 6.30. The summed E-state index contributed by atoms with van der Waals surface area (Å²) >= 11 is 5.96. The van der Waals surface area contributed by atoms with Crippen molar-refractivity contribution in [1.82, 2.24) is 5.32 Å². The Balaban J connectivity index is 1.77. The Bertz CT molecular complexity index is 539. The third-order valence-electron chi connectivity index (χ3n) is 3.82. The van der Waals surface area contributed by atoms with Crippen LogP contribution in [0.25, 0.3) is 0 Å². The van der Waals surface area contributed by atoms with Crippen molar-refractivity contribution < 1.29 is 0 Å². The number of rotatable bonds is 3. The molecule has 3 rings (SSSR count). The van der Waals surface area contributed by atoms with E-state index in [1.807, 2.05) is 12.1 Å². The first-order valence-electron chi connectivity index (χ1n) is 7.10. The number of para-hydroxylation sites is 1. The second kappa shape index (κ2) is 6.29. The van der Waals surface area contributed by atoms with Gasteiger partial charge in [-0.2, -0.15) is 0 Å². The lowest BCUT2D eigenvalue weighted by Gasteiger charge is -2.38. The summed E-state index contributed by atoms with van der Waals surface area (Å²) in [6.45, 7) is 3.13. The second-order valence-electron chi connectivity index (χ2n) is 5.22. The van der Waals surface area contributed by atoms with Crippen LogP contribution in [0.1, 0.15) is 5.56 Å². The fourth-order valence-electron chi connectivity index (χ4n) is 2.80. The Kier molecular flexibility index (Phi) is 4.24. The number of nitrogens with one attached hydrogen (secondary N) is 1. The van der Waals surface area contributed by atoms with Gasteiger partial charge in [0.15, 0.2) is 0 Å². The monoisotopic (exact) mass is 286 g/mol. The fourth-order valence-corrected chi connectivity index (χ4v) is 2.92. The van der Waals surface area contributed by atoms with Gasteiger partial charge in [-0.25, -0.2) is 0 Å². The highest BCUT2D eigenvalue weighted by Gasteiger charge is 2.22. The van der Waals surface area contributed by atoms with E-state index in [9.17, 15) is 0 Å². The van der Waals surface area contributed by atoms with Crippen molar-refractivity contribution in [2.24, 2.45) is 0 Å². The second-order valence-corrected chi connectivity index (χ2v) is 5.65. The van der Waals surface area contributed by atoms with E-state index in [-0.39, 0.29) is 0 Å². The quantitative estimate of drug-likeness (QED) is 0.931. The molecule has 1 aliphatic heterocycles. The summed E-state index contributed by atoms with van der Waals surface area (Å²) in [6.07, 6.45) is 1.04. The van der Waals surface area contributed by atoms with Crippen LogP contribution in [0.4, 0.5) is 5.69 Å². The third-order valence-corrected chi connectivity index (χ3v) is 4.07. The zero-order chi connectivity index (χ0) is 13.8. The molecule has 0 bridgehead atoms. The molecule has 0 aliphatic carbocycles. The van der Waals surface area contributed by atoms with Crippen LogP contribution >= 0.6 is 11.6 Å². The minimum atomic E-state index is 0.493. The van der Waals surface area contributed by atoms with Crippen LogP contribution in [-0.4, -0.2) is 25.7 Å². The number of piperazine rings is 1. The number of hydrogen-bond acceptors (Lipinski definition) is 2. The average Bonchev–Trinajstić information content (AvgIpc) is 2.51. The Hall–Kier alpha value is -1.51. The fraction of sp³-hybridized carbons (Fsp3) is 0.294. The van der Waals surface area contributed by atoms with E-state index < -0.39 is 0 Å². The van der Waals surface area contributed by atoms with Gasteiger partial charge in [-0.05, 0) is 36.2 Å². The molecule has 0 saturated carbocycles. The van der Waals surface area contributed by atoms with Crippen LogP contribution in [0.3, 0.4) is 0 Å². The predicted molar refractivity (Wildman–Crippen MR) is 85.6 cm³/mol. The first-order valence-corrected chi connectivity index (χ1v) is 7.47. The molecule has 2 aromatic carbocycles. The maximum atomic E-state index is 5.96. The number of anilines is 1. The Morgan fingerprint density at radius 2 is 1.80 bits per heavy atom. The minimum absolute atomic E-state index is 0.493. The van der Waals surface area contributed by atoms with Gasteiger partial charge in [0.25, 0.3) is 0 Å². The number of nitrogens with zero attached hydrogens (tertiary/aromatic N) is 1. The molecule has 1 unspecified atom stereocenters. The molecule has 1 saturated heterocycles. The van der Waals surface area contributed by atoms with E-state index in [1.165, 1.54) is 11.3 Å². The van der Waals surface area contributed by atoms with Gasteiger partial charge in [-0.3, -0.25) is 0 Å². The first-order chi connectivity index (χ1) is 9.83. The molecule has 0 amide bonds. The van der Waals surface area contributed by atoms with Gasteiger partial charge < -0.3 is 10.2 Å². The van der Waals surface area contributed by atoms with Crippen LogP contribution < -0.4 is 10.2 Å². The number of halogens is 1. The molecule has 20 heavy (non-hydrogen) atoms. The van der Waals surface area contributed by atoms with E-state index in [4.69, 9.17) is 11.6 Å². The molecule has 1 fully saturated rings. The number of benzene rings is 2. The van der Waals surface area contributed by atoms with Gasteiger partial charge in [0.2, 0.25) is 0 Å². The van der Waals surface area contributed by atoms with E-state index in [2.05, 4.69) is 52.7 Å². The Morgan fingerprint density at radius 1 is 1.05 bits per heavy atom. The molecule has 104 valence electrons. The molecule has 1 atom stereocenters. The van der Waals surface area contributed by atoms with E-state index in [0.717, 1.165) is 31.1 Å². The van der Waals surface area contributed by atoms with Crippen LogP contribution in [0, 0.1) is 0 Å². The van der Waals surface area contributed by atoms with Crippen LogP contribution in [-0.2, 0) is 6.42 Å². The molecular weight excluding hydrogens is 268 g/mol. The first kappa shape index (κ1) is 13.5. The van der Waals surface area contributed by atoms with Gasteiger partial charge in [0.05, 0.1) is 0 Å². The number of hydrogen-bond donors (Lipinski definition) is 1. The van der Waals surface area contributed by atoms with Gasteiger partial charge in [0, 0.05) is 36.4 Å². The van der Waals surface area contributed by atoms with Crippen LogP contribution in [0.5, 0.6) is 0 Å². The SMILES string of the molecule is Clc1ccc(CC2CNCCN2c2ccccc2)cc1. The maximum absolute atomic E-state index is 5.96. The molecule has 2 nitrogen and oxygen atoms in total. The van der Waals surface area contributed by atoms with E-state index in [0.29, 0.717) is 6.04 Å². The van der Waals surface area contributed by atoms with Crippen molar-refractivity contribution in [1.29, 1.82) is 0 Å². The van der Waals surface area contributed by atoms with Gasteiger partial charge in [0.1, 0.15) is 0 Å². The lowest BCUT2D eigenvalue weighted by Crippen LogP contribution is -2.52. The minimum Gasteiger partial charge on any atom is -0.366 e. The van der Waals surface area contributed by atoms with Crippen molar-refractivity contribution in [3.63, 3.8) is 0 Å². The molecule has 2 aromatic rings. The topological polar surface area (TPSA) is 15.3 Å². The molecule has 0 radical (unpaired) electrons. The average molecular weight is 287 g/mol. The van der Waals surface area contributed by atoms with E-state index >= 15 is 0 Å². The van der Waals surface area contributed by atoms with E-state index in [1.54, 1.807) is 0 Å². The Morgan fingerprint density at radius 3 is 2.55 bits per heavy atom. The predicted octanol–water partition coefficient (Wildman–Crippen LogP) is 3.36. The van der Waals surface area contributed by atoms with Crippen molar-refractivity contribution in [2.75, 3.05) is 24.5 Å². The molecule has 1 aliphatic rings. The summed E-state index contributed by atoms with van der Waals surface area (Å²) < 4.78 is 0. The molecular formula is C17H19ClN2. The van der Waals surface area contributed by atoms with Crippen LogP contribution in [0.15, 0.2) is 54.6 Å². The summed E-state index contributed by atoms with van der Waals surface area (Å²) in [5.41, 5.74) is 2.65. The van der Waals surface area contributed by atoms with Crippen LogP contribution in [0.2, 0.25) is 5.02 Å². The van der Waals surface area contributed by atoms with Gasteiger partial charge >= 0.3 is 0 Å². The normalized spacial score (nSPS) is 19.1. The van der Waals surface area contributed by atoms with Crippen molar-refractivity contribution >= 4 is 17.3 Å². The molecule has 3 heteroatoms. The smallest absolute Gasteiger partial charge is 0.0455 e. The largest absolute Gasteiger partial charge is 0.366 e. The van der Waals surface area contributed by atoms with Gasteiger partial charge in [-0.1, -0.05) is 41.9 Å². The summed E-state index contributed by atoms with van der Waals surface area (Å²) in [6, 6.07) is 19.4. The van der Waals surface area contributed by atoms with Gasteiger partial charge in [-0.15, -0.1) is 0 Å². The molecule has 0 spiro atoms. The molecule has 1 heterocycles. The summed E-state index contributed by atoms with van der Waals surface area (Å²) in [4.78, 5) is 2.51. The van der Waals surface area contributed by atoms with Crippen molar-refractivity contribution in [3.8, 4) is 0 Å². The third kappa shape index (κ3) is 3.14. The maximum Gasteiger partial charge on any atom is 0.0455 e. The summed E-state index contributed by atoms with van der Waals surface area (Å²) in [5.74, 6) is 0. The standard InChI is InChI=1S/C17H19ClN2/c18-15-8-6-14(7-9-15)12-17-13-19-10-11-20(17)16-4-2-1-3-5-16/h1-9,17,19H,10-13H2. The highest BCUT2D eigenvalue weighted by Crippen LogP contribution is 2.21. The molecule has 1 N–H and O–H groups in total. The lowest BCUT2D eigenvalue weighted by atomic mass is 10.0.